The molecule has 0 bridgehead atoms. The number of thiophene rings is 1. The topological polar surface area (TPSA) is 110 Å². The van der Waals surface area contributed by atoms with Gasteiger partial charge < -0.3 is 10.1 Å². The van der Waals surface area contributed by atoms with Gasteiger partial charge in [0.2, 0.25) is 5.91 Å². The molecule has 1 fully saturated rings. The SMILES string of the molecule is Cc1ccc(C(=O)CCC(=O)O[C@H](C)C(=O)NCCN2C(=O)CSC2=O)s1. The van der Waals surface area contributed by atoms with Crippen molar-refractivity contribution in [1.29, 1.82) is 0 Å². The number of aryl methyl sites for hydroxylation is 1. The summed E-state index contributed by atoms with van der Waals surface area (Å²) in [5.74, 6) is -1.48. The number of ether oxygens (including phenoxy) is 1. The minimum absolute atomic E-state index is 0.0178. The second-order valence-corrected chi connectivity index (χ2v) is 8.07. The van der Waals surface area contributed by atoms with Crippen molar-refractivity contribution in [2.45, 2.75) is 32.8 Å². The number of nitrogens with zero attached hydrogens (tertiary/aromatic N) is 1. The van der Waals surface area contributed by atoms with Gasteiger partial charge in [0.1, 0.15) is 0 Å². The van der Waals surface area contributed by atoms with E-state index in [1.165, 1.54) is 18.3 Å². The Kier molecular flexibility index (Phi) is 7.55. The van der Waals surface area contributed by atoms with Crippen molar-refractivity contribution in [2.75, 3.05) is 18.8 Å². The molecule has 146 valence electrons. The summed E-state index contributed by atoms with van der Waals surface area (Å²) in [5, 5.41) is 2.18. The molecule has 1 aromatic rings. The molecule has 0 aliphatic carbocycles. The Morgan fingerprint density at radius 1 is 1.26 bits per heavy atom. The van der Waals surface area contributed by atoms with Crippen LogP contribution in [-0.2, 0) is 19.1 Å². The number of hydrogen-bond acceptors (Lipinski definition) is 8. The molecule has 1 aromatic heterocycles. The van der Waals surface area contributed by atoms with Crippen LogP contribution in [0.15, 0.2) is 12.1 Å². The normalized spacial score (nSPS) is 15.0. The average Bonchev–Trinajstić information content (AvgIpc) is 3.19. The van der Waals surface area contributed by atoms with Crippen LogP contribution >= 0.6 is 23.1 Å². The highest BCUT2D eigenvalue weighted by Gasteiger charge is 2.29. The third-order valence-electron chi connectivity index (χ3n) is 3.72. The fourth-order valence-corrected chi connectivity index (χ4v) is 3.85. The van der Waals surface area contributed by atoms with E-state index >= 15 is 0 Å². The second kappa shape index (κ2) is 9.65. The number of thioether (sulfide) groups is 1. The number of imide groups is 1. The van der Waals surface area contributed by atoms with E-state index < -0.39 is 18.0 Å². The quantitative estimate of drug-likeness (QED) is 0.486. The number of esters is 1. The van der Waals surface area contributed by atoms with Gasteiger partial charge in [0.05, 0.1) is 17.1 Å². The van der Waals surface area contributed by atoms with E-state index in [1.807, 2.05) is 13.0 Å². The lowest BCUT2D eigenvalue weighted by atomic mass is 10.2. The predicted octanol–water partition coefficient (Wildman–Crippen LogP) is 1.76. The van der Waals surface area contributed by atoms with Gasteiger partial charge in [-0.05, 0) is 26.0 Å². The van der Waals surface area contributed by atoms with Crippen LogP contribution in [0.1, 0.15) is 34.3 Å². The van der Waals surface area contributed by atoms with Gasteiger partial charge in [-0.15, -0.1) is 11.3 Å². The summed E-state index contributed by atoms with van der Waals surface area (Å²) in [4.78, 5) is 61.3. The molecule has 0 saturated carbocycles. The highest BCUT2D eigenvalue weighted by Crippen LogP contribution is 2.18. The van der Waals surface area contributed by atoms with Crippen molar-refractivity contribution in [1.82, 2.24) is 10.2 Å². The molecule has 10 heteroatoms. The van der Waals surface area contributed by atoms with E-state index in [-0.39, 0.29) is 48.6 Å². The molecule has 0 radical (unpaired) electrons. The summed E-state index contributed by atoms with van der Waals surface area (Å²) < 4.78 is 5.02. The molecule has 1 aliphatic heterocycles. The molecule has 0 spiro atoms. The fraction of sp³-hybridized carbons (Fsp3) is 0.471. The highest BCUT2D eigenvalue weighted by molar-refractivity contribution is 8.14. The summed E-state index contributed by atoms with van der Waals surface area (Å²) in [6.45, 7) is 3.46. The van der Waals surface area contributed by atoms with Gasteiger partial charge >= 0.3 is 5.97 Å². The number of rotatable bonds is 9. The zero-order chi connectivity index (χ0) is 20.0. The van der Waals surface area contributed by atoms with Gasteiger partial charge in [-0.2, -0.15) is 0 Å². The molecule has 0 aromatic carbocycles. The Morgan fingerprint density at radius 2 is 2.00 bits per heavy atom. The van der Waals surface area contributed by atoms with Gasteiger partial charge in [0.25, 0.3) is 11.1 Å². The Labute approximate surface area is 164 Å². The van der Waals surface area contributed by atoms with Gasteiger partial charge in [-0.3, -0.25) is 28.9 Å². The lowest BCUT2D eigenvalue weighted by molar-refractivity contribution is -0.154. The molecule has 8 nitrogen and oxygen atoms in total. The molecule has 1 N–H and O–H groups in total. The van der Waals surface area contributed by atoms with Crippen molar-refractivity contribution in [3.8, 4) is 0 Å². The lowest BCUT2D eigenvalue weighted by Crippen LogP contribution is -2.41. The number of amides is 3. The molecule has 1 atom stereocenters. The summed E-state index contributed by atoms with van der Waals surface area (Å²) in [7, 11) is 0. The summed E-state index contributed by atoms with van der Waals surface area (Å²) in [6, 6.07) is 3.56. The third-order valence-corrected chi connectivity index (χ3v) is 5.62. The summed E-state index contributed by atoms with van der Waals surface area (Å²) in [6.07, 6.45) is -1.12. The van der Waals surface area contributed by atoms with Gasteiger partial charge in [0, 0.05) is 24.4 Å². The molecular weight excluding hydrogens is 392 g/mol. The first kappa shape index (κ1) is 21.1. The number of hydrogen-bond donors (Lipinski definition) is 1. The monoisotopic (exact) mass is 412 g/mol. The standard InChI is InChI=1S/C17H20N2O6S2/c1-10-3-5-13(27-10)12(20)4-6-15(22)25-11(2)16(23)18-7-8-19-14(21)9-26-17(19)24/h3,5,11H,4,6-9H2,1-2H3,(H,18,23)/t11-/m1/s1. The number of Topliss-reactive ketones (excluding diaryl/α,β-unsaturated/α-hetero) is 1. The van der Waals surface area contributed by atoms with Crippen molar-refractivity contribution >= 4 is 51.9 Å². The minimum Gasteiger partial charge on any atom is -0.453 e. The van der Waals surface area contributed by atoms with Crippen LogP contribution < -0.4 is 5.32 Å². The van der Waals surface area contributed by atoms with E-state index in [9.17, 15) is 24.0 Å². The molecule has 1 aliphatic rings. The fourth-order valence-electron chi connectivity index (χ4n) is 2.26. The van der Waals surface area contributed by atoms with Crippen LogP contribution in [0, 0.1) is 6.92 Å². The Morgan fingerprint density at radius 3 is 2.59 bits per heavy atom. The zero-order valence-corrected chi connectivity index (χ0v) is 16.6. The largest absolute Gasteiger partial charge is 0.453 e. The predicted molar refractivity (Wildman–Crippen MR) is 101 cm³/mol. The summed E-state index contributed by atoms with van der Waals surface area (Å²) in [5.41, 5.74) is 0. The molecule has 1 saturated heterocycles. The van der Waals surface area contributed by atoms with Crippen LogP contribution in [0.3, 0.4) is 0 Å². The van der Waals surface area contributed by atoms with Crippen molar-refractivity contribution in [3.63, 3.8) is 0 Å². The smallest absolute Gasteiger partial charge is 0.307 e. The third kappa shape index (κ3) is 6.17. The number of nitrogens with one attached hydrogen (secondary N) is 1. The maximum atomic E-state index is 12.0. The molecule has 27 heavy (non-hydrogen) atoms. The zero-order valence-electron chi connectivity index (χ0n) is 15.0. The first-order chi connectivity index (χ1) is 12.8. The number of carbonyl (C=O) groups excluding carboxylic acids is 5. The maximum absolute atomic E-state index is 12.0. The first-order valence-corrected chi connectivity index (χ1v) is 10.1. The number of carbonyl (C=O) groups is 5. The van der Waals surface area contributed by atoms with Crippen LogP contribution in [0.5, 0.6) is 0 Å². The lowest BCUT2D eigenvalue weighted by Gasteiger charge is -2.16. The minimum atomic E-state index is -1.03. The van der Waals surface area contributed by atoms with E-state index in [2.05, 4.69) is 5.32 Å². The van der Waals surface area contributed by atoms with Crippen LogP contribution in [0.4, 0.5) is 4.79 Å². The summed E-state index contributed by atoms with van der Waals surface area (Å²) >= 11 is 2.29. The van der Waals surface area contributed by atoms with E-state index in [1.54, 1.807) is 6.07 Å². The Hall–Kier alpha value is -2.20. The van der Waals surface area contributed by atoms with Gasteiger partial charge in [-0.1, -0.05) is 11.8 Å². The van der Waals surface area contributed by atoms with Crippen LogP contribution in [0.25, 0.3) is 0 Å². The van der Waals surface area contributed by atoms with Gasteiger partial charge in [0.15, 0.2) is 11.9 Å². The van der Waals surface area contributed by atoms with E-state index in [4.69, 9.17) is 4.74 Å². The van der Waals surface area contributed by atoms with Crippen LogP contribution in [-0.4, -0.2) is 58.7 Å². The Bertz CT molecular complexity index is 744. The van der Waals surface area contributed by atoms with E-state index in [0.717, 1.165) is 21.5 Å². The first-order valence-electron chi connectivity index (χ1n) is 8.32. The molecular formula is C17H20N2O6S2. The highest BCUT2D eigenvalue weighted by atomic mass is 32.2. The van der Waals surface area contributed by atoms with Crippen molar-refractivity contribution in [2.24, 2.45) is 0 Å². The molecule has 0 unspecified atom stereocenters. The molecule has 3 amide bonds. The van der Waals surface area contributed by atoms with Crippen LogP contribution in [0.2, 0.25) is 0 Å². The van der Waals surface area contributed by atoms with Gasteiger partial charge in [-0.25, -0.2) is 0 Å². The van der Waals surface area contributed by atoms with E-state index in [0.29, 0.717) is 4.88 Å². The average molecular weight is 412 g/mol. The number of ketones is 1. The molecule has 2 heterocycles. The second-order valence-electron chi connectivity index (χ2n) is 5.86. The van der Waals surface area contributed by atoms with Crippen molar-refractivity contribution < 1.29 is 28.7 Å². The molecule has 2 rings (SSSR count). The maximum Gasteiger partial charge on any atom is 0.307 e. The Balaban J connectivity index is 1.67. The van der Waals surface area contributed by atoms with Crippen molar-refractivity contribution in [3.05, 3.63) is 21.9 Å².